The Labute approximate surface area is 189 Å². The van der Waals surface area contributed by atoms with Crippen LogP contribution in [-0.4, -0.2) is 22.7 Å². The molecule has 0 spiro atoms. The van der Waals surface area contributed by atoms with Gasteiger partial charge >= 0.3 is 0 Å². The lowest BCUT2D eigenvalue weighted by Crippen LogP contribution is -2.40. The van der Waals surface area contributed by atoms with Crippen molar-refractivity contribution in [1.29, 1.82) is 0 Å². The Hall–Kier alpha value is -2.64. The minimum Gasteiger partial charge on any atom is -0.351 e. The SMILES string of the molecule is Cc1cc(C(C)(C)C(=O)NCc2cc(Cl)c(C3CCC(=O)NC3=O)c(Cl)c2)cc(=O)[nH]1. The largest absolute Gasteiger partial charge is 0.351 e. The van der Waals surface area contributed by atoms with Crippen LogP contribution in [0.3, 0.4) is 0 Å². The highest BCUT2D eigenvalue weighted by molar-refractivity contribution is 6.36. The van der Waals surface area contributed by atoms with Crippen molar-refractivity contribution in [1.82, 2.24) is 15.6 Å². The molecule has 0 radical (unpaired) electrons. The minimum absolute atomic E-state index is 0.166. The van der Waals surface area contributed by atoms with Crippen molar-refractivity contribution in [2.24, 2.45) is 0 Å². The number of imide groups is 1. The first-order valence-electron chi connectivity index (χ1n) is 9.80. The highest BCUT2D eigenvalue weighted by atomic mass is 35.5. The molecule has 9 heteroatoms. The predicted octanol–water partition coefficient (Wildman–Crippen LogP) is 3.10. The molecule has 31 heavy (non-hydrogen) atoms. The second-order valence-corrected chi connectivity index (χ2v) is 9.02. The molecule has 2 aromatic rings. The second kappa shape index (κ2) is 8.85. The average Bonchev–Trinajstić information content (AvgIpc) is 2.66. The van der Waals surface area contributed by atoms with Gasteiger partial charge in [-0.15, -0.1) is 0 Å². The molecule has 3 amide bonds. The summed E-state index contributed by atoms with van der Waals surface area (Å²) in [6.45, 7) is 5.40. The normalized spacial score (nSPS) is 16.7. The molecule has 0 saturated carbocycles. The van der Waals surface area contributed by atoms with Gasteiger partial charge in [-0.3, -0.25) is 24.5 Å². The van der Waals surface area contributed by atoms with Crippen molar-refractivity contribution in [3.63, 3.8) is 0 Å². The number of aryl methyl sites for hydroxylation is 1. The van der Waals surface area contributed by atoms with Crippen LogP contribution in [0.1, 0.15) is 55.0 Å². The molecular weight excluding hydrogens is 441 g/mol. The molecule has 2 heterocycles. The summed E-state index contributed by atoms with van der Waals surface area (Å²) < 4.78 is 0. The molecule has 1 atom stereocenters. The van der Waals surface area contributed by atoms with Crippen LogP contribution in [0.5, 0.6) is 0 Å². The number of aromatic nitrogens is 1. The molecule has 1 fully saturated rings. The second-order valence-electron chi connectivity index (χ2n) is 8.20. The molecule has 0 bridgehead atoms. The minimum atomic E-state index is -0.931. The van der Waals surface area contributed by atoms with Gasteiger partial charge in [0.15, 0.2) is 0 Å². The molecule has 0 aliphatic carbocycles. The van der Waals surface area contributed by atoms with Gasteiger partial charge in [-0.1, -0.05) is 23.2 Å². The maximum atomic E-state index is 12.8. The lowest BCUT2D eigenvalue weighted by atomic mass is 9.83. The summed E-state index contributed by atoms with van der Waals surface area (Å²) in [5.41, 5.74) is 1.22. The van der Waals surface area contributed by atoms with Gasteiger partial charge in [-0.25, -0.2) is 0 Å². The van der Waals surface area contributed by atoms with Gasteiger partial charge in [0, 0.05) is 40.3 Å². The first kappa shape index (κ1) is 23.0. The topological polar surface area (TPSA) is 108 Å². The van der Waals surface area contributed by atoms with E-state index in [-0.39, 0.29) is 30.3 Å². The summed E-state index contributed by atoms with van der Waals surface area (Å²) >= 11 is 12.8. The Morgan fingerprint density at radius 1 is 1.13 bits per heavy atom. The number of rotatable bonds is 5. The number of hydrogen-bond acceptors (Lipinski definition) is 4. The molecule has 1 aromatic carbocycles. The first-order chi connectivity index (χ1) is 14.5. The number of aromatic amines is 1. The lowest BCUT2D eigenvalue weighted by molar-refractivity contribution is -0.134. The Morgan fingerprint density at radius 3 is 2.35 bits per heavy atom. The van der Waals surface area contributed by atoms with E-state index >= 15 is 0 Å². The molecular formula is C22H23Cl2N3O4. The van der Waals surface area contributed by atoms with E-state index in [1.165, 1.54) is 6.07 Å². The number of hydrogen-bond donors (Lipinski definition) is 3. The standard InChI is InChI=1S/C22H23Cl2N3O4/c1-11-6-13(9-18(29)26-11)22(2,3)21(31)25-10-12-7-15(23)19(16(24)8-12)14-4-5-17(28)27-20(14)30/h6-9,14H,4-5,10H2,1-3H3,(H,25,31)(H,26,29)(H,27,28,30). The maximum Gasteiger partial charge on any atom is 0.248 e. The van der Waals surface area contributed by atoms with Crippen LogP contribution >= 0.6 is 23.2 Å². The summed E-state index contributed by atoms with van der Waals surface area (Å²) in [7, 11) is 0. The maximum absolute atomic E-state index is 12.8. The molecule has 1 aliphatic rings. The first-order valence-corrected chi connectivity index (χ1v) is 10.6. The van der Waals surface area contributed by atoms with Crippen molar-refractivity contribution in [2.45, 2.75) is 51.5 Å². The molecule has 3 N–H and O–H groups in total. The summed E-state index contributed by atoms with van der Waals surface area (Å²) in [6.07, 6.45) is 0.557. The van der Waals surface area contributed by atoms with Gasteiger partial charge in [0.05, 0.1) is 11.3 Å². The van der Waals surface area contributed by atoms with Crippen molar-refractivity contribution in [3.8, 4) is 0 Å². The Balaban J connectivity index is 1.76. The van der Waals surface area contributed by atoms with Crippen molar-refractivity contribution >= 4 is 40.9 Å². The van der Waals surface area contributed by atoms with Crippen LogP contribution in [0.4, 0.5) is 0 Å². The summed E-state index contributed by atoms with van der Waals surface area (Å²) in [5, 5.41) is 5.76. The van der Waals surface area contributed by atoms with Gasteiger partial charge in [0.2, 0.25) is 23.3 Å². The van der Waals surface area contributed by atoms with Gasteiger partial charge in [0.1, 0.15) is 0 Å². The molecule has 1 unspecified atom stereocenters. The van der Waals surface area contributed by atoms with Crippen molar-refractivity contribution in [2.75, 3.05) is 0 Å². The van der Waals surface area contributed by atoms with Crippen molar-refractivity contribution < 1.29 is 14.4 Å². The van der Waals surface area contributed by atoms with E-state index < -0.39 is 17.2 Å². The fraction of sp³-hybridized carbons (Fsp3) is 0.364. The van der Waals surface area contributed by atoms with Crippen LogP contribution < -0.4 is 16.2 Å². The van der Waals surface area contributed by atoms with Gasteiger partial charge in [-0.2, -0.15) is 0 Å². The molecule has 7 nitrogen and oxygen atoms in total. The molecule has 1 aliphatic heterocycles. The van der Waals surface area contributed by atoms with Crippen LogP contribution in [-0.2, 0) is 26.3 Å². The number of amides is 3. The van der Waals surface area contributed by atoms with E-state index in [1.54, 1.807) is 39.0 Å². The van der Waals surface area contributed by atoms with Crippen LogP contribution in [0.2, 0.25) is 10.0 Å². The van der Waals surface area contributed by atoms with E-state index in [0.29, 0.717) is 38.9 Å². The van der Waals surface area contributed by atoms with Gasteiger partial charge in [-0.05, 0) is 56.5 Å². The van der Waals surface area contributed by atoms with E-state index in [2.05, 4.69) is 15.6 Å². The van der Waals surface area contributed by atoms with Gasteiger partial charge < -0.3 is 10.3 Å². The third-order valence-electron chi connectivity index (χ3n) is 5.45. The van der Waals surface area contributed by atoms with Crippen LogP contribution in [0.25, 0.3) is 0 Å². The number of pyridine rings is 1. The Morgan fingerprint density at radius 2 is 1.77 bits per heavy atom. The van der Waals surface area contributed by atoms with E-state index in [9.17, 15) is 19.2 Å². The van der Waals surface area contributed by atoms with Crippen LogP contribution in [0.15, 0.2) is 29.1 Å². The number of carbonyl (C=O) groups excluding carboxylic acids is 3. The molecule has 164 valence electrons. The summed E-state index contributed by atoms with van der Waals surface area (Å²) in [5.74, 6) is -1.60. The quantitative estimate of drug-likeness (QED) is 0.591. The van der Waals surface area contributed by atoms with E-state index in [0.717, 1.165) is 0 Å². The zero-order valence-electron chi connectivity index (χ0n) is 17.4. The average molecular weight is 464 g/mol. The third kappa shape index (κ3) is 4.99. The van der Waals surface area contributed by atoms with Crippen LogP contribution in [0, 0.1) is 6.92 Å². The number of H-pyrrole nitrogens is 1. The highest BCUT2D eigenvalue weighted by Gasteiger charge is 2.32. The van der Waals surface area contributed by atoms with E-state index in [1.807, 2.05) is 0 Å². The fourth-order valence-corrected chi connectivity index (χ4v) is 4.41. The number of halogens is 2. The number of nitrogens with one attached hydrogen (secondary N) is 3. The Bertz CT molecular complexity index is 1100. The van der Waals surface area contributed by atoms with Crippen molar-refractivity contribution in [3.05, 3.63) is 67.0 Å². The third-order valence-corrected chi connectivity index (χ3v) is 6.07. The Kier molecular flexibility index (Phi) is 6.57. The predicted molar refractivity (Wildman–Crippen MR) is 118 cm³/mol. The summed E-state index contributed by atoms with van der Waals surface area (Å²) in [6, 6.07) is 6.48. The zero-order chi connectivity index (χ0) is 22.9. The zero-order valence-corrected chi connectivity index (χ0v) is 18.9. The fourth-order valence-electron chi connectivity index (χ4n) is 3.62. The highest BCUT2D eigenvalue weighted by Crippen LogP contribution is 2.37. The molecule has 1 aromatic heterocycles. The number of carbonyl (C=O) groups is 3. The monoisotopic (exact) mass is 463 g/mol. The lowest BCUT2D eigenvalue weighted by Gasteiger charge is -2.25. The molecule has 3 rings (SSSR count). The number of benzene rings is 1. The summed E-state index contributed by atoms with van der Waals surface area (Å²) in [4.78, 5) is 50.8. The number of piperidine rings is 1. The van der Waals surface area contributed by atoms with E-state index in [4.69, 9.17) is 23.2 Å². The van der Waals surface area contributed by atoms with Gasteiger partial charge in [0.25, 0.3) is 0 Å². The molecule has 1 saturated heterocycles. The smallest absolute Gasteiger partial charge is 0.248 e.